The molecule has 1 aromatic carbocycles. The lowest BCUT2D eigenvalue weighted by Gasteiger charge is -1.89. The van der Waals surface area contributed by atoms with E-state index >= 15 is 0 Å². The van der Waals surface area contributed by atoms with Crippen LogP contribution in [0.5, 0.6) is 0 Å². The summed E-state index contributed by atoms with van der Waals surface area (Å²) < 4.78 is 0. The molecule has 0 amide bonds. The zero-order chi connectivity index (χ0) is 6.69. The van der Waals surface area contributed by atoms with Gasteiger partial charge >= 0.3 is 0 Å². The molecule has 0 bridgehead atoms. The summed E-state index contributed by atoms with van der Waals surface area (Å²) in [4.78, 5) is 10.1. The quantitative estimate of drug-likeness (QED) is 0.380. The first-order valence-corrected chi connectivity index (χ1v) is 2.63. The molecule has 0 aromatic heterocycles. The summed E-state index contributed by atoms with van der Waals surface area (Å²) >= 11 is 0. The van der Waals surface area contributed by atoms with Crippen molar-refractivity contribution < 1.29 is 4.79 Å². The number of carbonyl (C=O) groups is 1. The molecule has 42 valence electrons. The average Bonchev–Trinajstić information content (AvgIpc) is 1.90. The van der Waals surface area contributed by atoms with E-state index in [9.17, 15) is 4.79 Å². The Labute approximate surface area is 55.1 Å². The smallest absolute Gasteiger partial charge is 0.150 e. The summed E-state index contributed by atoms with van der Waals surface area (Å²) in [7, 11) is 5.37. The molecular formula is C7H5BO. The average molecular weight is 116 g/mol. The summed E-state index contributed by atoms with van der Waals surface area (Å²) in [6, 6.07) is 6.76. The van der Waals surface area contributed by atoms with Crippen LogP contribution in [0, 0.1) is 0 Å². The highest BCUT2D eigenvalue weighted by Crippen LogP contribution is 1.89. The van der Waals surface area contributed by atoms with Crippen molar-refractivity contribution in [3.8, 4) is 0 Å². The maximum atomic E-state index is 10.1. The van der Waals surface area contributed by atoms with Crippen molar-refractivity contribution in [2.45, 2.75) is 0 Å². The van der Waals surface area contributed by atoms with Crippen LogP contribution in [0.4, 0.5) is 0 Å². The zero-order valence-electron chi connectivity index (χ0n) is 4.87. The minimum Gasteiger partial charge on any atom is -0.298 e. The molecule has 9 heavy (non-hydrogen) atoms. The van der Waals surface area contributed by atoms with Gasteiger partial charge in [-0.05, 0) is 0 Å². The zero-order valence-corrected chi connectivity index (χ0v) is 4.87. The van der Waals surface area contributed by atoms with Gasteiger partial charge in [0.25, 0.3) is 0 Å². The minimum absolute atomic E-state index is 0.657. The third kappa shape index (κ3) is 1.42. The van der Waals surface area contributed by atoms with Crippen molar-refractivity contribution in [2.75, 3.05) is 0 Å². The number of hydrogen-bond acceptors (Lipinski definition) is 1. The summed E-state index contributed by atoms with van der Waals surface area (Å²) in [5.74, 6) is 0. The van der Waals surface area contributed by atoms with E-state index in [0.29, 0.717) is 11.0 Å². The molecule has 0 heterocycles. The highest BCUT2D eigenvalue weighted by Gasteiger charge is 1.84. The molecule has 1 aromatic rings. The van der Waals surface area contributed by atoms with Crippen molar-refractivity contribution in [3.63, 3.8) is 0 Å². The van der Waals surface area contributed by atoms with Crippen molar-refractivity contribution in [1.29, 1.82) is 0 Å². The van der Waals surface area contributed by atoms with Gasteiger partial charge in [0.15, 0.2) is 0 Å². The Morgan fingerprint density at radius 3 is 2.22 bits per heavy atom. The maximum Gasteiger partial charge on any atom is 0.150 e. The standard InChI is InChI=1S/C7H5BO/c8-7-3-1-6(5-9)2-4-7/h1-5H. The molecule has 2 radical (unpaired) electrons. The van der Waals surface area contributed by atoms with E-state index < -0.39 is 0 Å². The van der Waals surface area contributed by atoms with E-state index in [2.05, 4.69) is 0 Å². The largest absolute Gasteiger partial charge is 0.298 e. The van der Waals surface area contributed by atoms with Crippen molar-refractivity contribution >= 4 is 19.6 Å². The number of carbonyl (C=O) groups excluding carboxylic acids is 1. The molecular weight excluding hydrogens is 111 g/mol. The van der Waals surface area contributed by atoms with Crippen molar-refractivity contribution in [2.24, 2.45) is 0 Å². The molecule has 0 atom stereocenters. The Morgan fingerprint density at radius 1 is 1.22 bits per heavy atom. The highest BCUT2D eigenvalue weighted by molar-refractivity contribution is 6.32. The van der Waals surface area contributed by atoms with Crippen LogP contribution in [0.15, 0.2) is 24.3 Å². The van der Waals surface area contributed by atoms with Gasteiger partial charge in [-0.15, -0.1) is 0 Å². The molecule has 0 unspecified atom stereocenters. The van der Waals surface area contributed by atoms with Crippen LogP contribution in [0.3, 0.4) is 0 Å². The van der Waals surface area contributed by atoms with Gasteiger partial charge in [-0.2, -0.15) is 0 Å². The van der Waals surface area contributed by atoms with E-state index in [0.717, 1.165) is 6.29 Å². The monoisotopic (exact) mass is 116 g/mol. The second kappa shape index (κ2) is 2.49. The second-order valence-electron chi connectivity index (χ2n) is 1.78. The van der Waals surface area contributed by atoms with Crippen molar-refractivity contribution in [1.82, 2.24) is 0 Å². The fraction of sp³-hybridized carbons (Fsp3) is 0. The van der Waals surface area contributed by atoms with Crippen LogP contribution in [0.2, 0.25) is 0 Å². The minimum atomic E-state index is 0.657. The van der Waals surface area contributed by atoms with E-state index in [1.54, 1.807) is 24.3 Å². The summed E-state index contributed by atoms with van der Waals surface area (Å²) in [5.41, 5.74) is 1.34. The van der Waals surface area contributed by atoms with Crippen LogP contribution in [-0.2, 0) is 0 Å². The van der Waals surface area contributed by atoms with Gasteiger partial charge in [-0.1, -0.05) is 29.7 Å². The van der Waals surface area contributed by atoms with Gasteiger partial charge < -0.3 is 0 Å². The molecule has 2 heteroatoms. The molecule has 0 aliphatic heterocycles. The van der Waals surface area contributed by atoms with Gasteiger partial charge in [0.2, 0.25) is 0 Å². The third-order valence-electron chi connectivity index (χ3n) is 1.07. The van der Waals surface area contributed by atoms with E-state index in [4.69, 9.17) is 7.85 Å². The Bertz CT molecular complexity index is 203. The molecule has 0 aliphatic carbocycles. The molecule has 1 nitrogen and oxygen atoms in total. The van der Waals surface area contributed by atoms with Crippen LogP contribution in [0.25, 0.3) is 0 Å². The Balaban J connectivity index is 3.01. The Kier molecular flexibility index (Phi) is 1.68. The van der Waals surface area contributed by atoms with Crippen molar-refractivity contribution in [3.05, 3.63) is 29.8 Å². The first-order chi connectivity index (χ1) is 4.33. The molecule has 0 spiro atoms. The Hall–Kier alpha value is -1.05. The molecule has 0 fully saturated rings. The van der Waals surface area contributed by atoms with Crippen LogP contribution in [-0.4, -0.2) is 14.1 Å². The molecule has 0 saturated heterocycles. The maximum absolute atomic E-state index is 10.1. The fourth-order valence-electron chi connectivity index (χ4n) is 0.575. The summed E-state index contributed by atoms with van der Waals surface area (Å²) in [6.07, 6.45) is 0.791. The first kappa shape index (κ1) is 6.08. The topological polar surface area (TPSA) is 17.1 Å². The SMILES string of the molecule is [B]c1ccc(C=O)cc1. The molecule has 0 aliphatic rings. The van der Waals surface area contributed by atoms with Gasteiger partial charge in [-0.25, -0.2) is 0 Å². The van der Waals surface area contributed by atoms with E-state index in [-0.39, 0.29) is 0 Å². The summed E-state index contributed by atoms with van der Waals surface area (Å²) in [6.45, 7) is 0. The molecule has 0 saturated carbocycles. The normalized spacial score (nSPS) is 8.89. The predicted octanol–water partition coefficient (Wildman–Crippen LogP) is 0.293. The number of aldehydes is 1. The second-order valence-corrected chi connectivity index (χ2v) is 1.78. The lowest BCUT2D eigenvalue weighted by molar-refractivity contribution is 0.112. The molecule has 0 N–H and O–H groups in total. The number of benzene rings is 1. The lowest BCUT2D eigenvalue weighted by Crippen LogP contribution is -1.99. The van der Waals surface area contributed by atoms with Gasteiger partial charge in [-0.3, -0.25) is 4.79 Å². The third-order valence-corrected chi connectivity index (χ3v) is 1.07. The summed E-state index contributed by atoms with van der Waals surface area (Å²) in [5, 5.41) is 0. The predicted molar refractivity (Wildman–Crippen MR) is 37.2 cm³/mol. The fourth-order valence-corrected chi connectivity index (χ4v) is 0.575. The van der Waals surface area contributed by atoms with Gasteiger partial charge in [0.1, 0.15) is 14.1 Å². The van der Waals surface area contributed by atoms with E-state index in [1.165, 1.54) is 0 Å². The number of hydrogen-bond donors (Lipinski definition) is 0. The highest BCUT2D eigenvalue weighted by atomic mass is 16.1. The Morgan fingerprint density at radius 2 is 1.78 bits per heavy atom. The van der Waals surface area contributed by atoms with Crippen LogP contribution < -0.4 is 5.46 Å². The molecule has 1 rings (SSSR count). The lowest BCUT2D eigenvalue weighted by atomic mass is 9.96. The number of rotatable bonds is 1. The van der Waals surface area contributed by atoms with Crippen LogP contribution >= 0.6 is 0 Å². The van der Waals surface area contributed by atoms with Gasteiger partial charge in [0.05, 0.1) is 0 Å². The van der Waals surface area contributed by atoms with E-state index in [1.807, 2.05) is 0 Å². The van der Waals surface area contributed by atoms with Crippen LogP contribution in [0.1, 0.15) is 10.4 Å². The first-order valence-electron chi connectivity index (χ1n) is 2.63. The van der Waals surface area contributed by atoms with Gasteiger partial charge in [0, 0.05) is 5.56 Å².